The fourth-order valence-corrected chi connectivity index (χ4v) is 6.38. The third-order valence-corrected chi connectivity index (χ3v) is 8.66. The molecule has 1 N–H and O–H groups in total. The molecular formula is C29H36N2O4. The number of carbonyl (C=O) groups is 2. The van der Waals surface area contributed by atoms with Gasteiger partial charge in [0.1, 0.15) is 5.75 Å². The van der Waals surface area contributed by atoms with E-state index in [-0.39, 0.29) is 11.3 Å². The molecule has 2 aliphatic carbocycles. The molecule has 2 aromatic rings. The van der Waals surface area contributed by atoms with Crippen LogP contribution in [0.4, 0.5) is 0 Å². The van der Waals surface area contributed by atoms with E-state index in [4.69, 9.17) is 9.47 Å². The van der Waals surface area contributed by atoms with E-state index in [0.29, 0.717) is 29.6 Å². The lowest BCUT2D eigenvalue weighted by molar-refractivity contribution is 0.0159. The van der Waals surface area contributed by atoms with Crippen LogP contribution in [0, 0.1) is 11.8 Å². The second-order valence-corrected chi connectivity index (χ2v) is 10.5. The average molecular weight is 477 g/mol. The summed E-state index contributed by atoms with van der Waals surface area (Å²) in [5.41, 5.74) is 3.84. The van der Waals surface area contributed by atoms with Crippen molar-refractivity contribution < 1.29 is 19.1 Å². The van der Waals surface area contributed by atoms with Gasteiger partial charge in [-0.25, -0.2) is 4.79 Å². The normalized spacial score (nSPS) is 25.5. The lowest BCUT2D eigenvalue weighted by atomic mass is 9.56. The minimum Gasteiger partial charge on any atom is -0.497 e. The standard InChI is InChI=1S/C29H36N2O4/c1-19-26-16-23-10-11-24(34-2)17-25(23)29(19,13-15-31(26)18-20-4-5-20)12-14-30-27(32)21-6-8-22(9-7-21)28(33)35-3/h6-11,17,19-20,26H,4-5,12-16,18H2,1-3H3,(H,30,32)/t19-,26+,29+/m0/s1. The van der Waals surface area contributed by atoms with E-state index >= 15 is 0 Å². The van der Waals surface area contributed by atoms with Gasteiger partial charge in [-0.05, 0) is 98.0 Å². The molecule has 2 bridgehead atoms. The van der Waals surface area contributed by atoms with Gasteiger partial charge in [-0.3, -0.25) is 9.69 Å². The summed E-state index contributed by atoms with van der Waals surface area (Å²) >= 11 is 0. The molecule has 1 saturated heterocycles. The number of carbonyl (C=O) groups excluding carboxylic acids is 2. The van der Waals surface area contributed by atoms with Crippen LogP contribution in [-0.4, -0.2) is 56.7 Å². The third kappa shape index (κ3) is 4.56. The van der Waals surface area contributed by atoms with Crippen LogP contribution in [-0.2, 0) is 16.6 Å². The van der Waals surface area contributed by atoms with Crippen molar-refractivity contribution >= 4 is 11.9 Å². The van der Waals surface area contributed by atoms with E-state index in [0.717, 1.165) is 37.5 Å². The molecule has 2 aromatic carbocycles. The van der Waals surface area contributed by atoms with Gasteiger partial charge >= 0.3 is 5.97 Å². The Kier molecular flexibility index (Phi) is 6.58. The molecule has 3 aliphatic rings. The minimum atomic E-state index is -0.404. The zero-order valence-corrected chi connectivity index (χ0v) is 21.0. The highest BCUT2D eigenvalue weighted by molar-refractivity contribution is 5.96. The van der Waals surface area contributed by atoms with E-state index < -0.39 is 5.97 Å². The molecule has 0 spiro atoms. The number of nitrogens with zero attached hydrogens (tertiary/aromatic N) is 1. The van der Waals surface area contributed by atoms with Gasteiger partial charge in [0.15, 0.2) is 0 Å². The Morgan fingerprint density at radius 1 is 1.09 bits per heavy atom. The Labute approximate surface area is 208 Å². The number of benzene rings is 2. The highest BCUT2D eigenvalue weighted by Crippen LogP contribution is 2.52. The summed E-state index contributed by atoms with van der Waals surface area (Å²) in [6.07, 6.45) is 5.84. The summed E-state index contributed by atoms with van der Waals surface area (Å²) in [5, 5.41) is 3.14. The zero-order valence-electron chi connectivity index (χ0n) is 21.0. The van der Waals surface area contributed by atoms with Crippen molar-refractivity contribution in [1.82, 2.24) is 10.2 Å². The van der Waals surface area contributed by atoms with Crippen molar-refractivity contribution in [1.29, 1.82) is 0 Å². The van der Waals surface area contributed by atoms with Crippen molar-refractivity contribution in [2.45, 2.75) is 50.5 Å². The summed E-state index contributed by atoms with van der Waals surface area (Å²) in [4.78, 5) is 27.3. The number of fused-ring (bicyclic) bond motifs is 4. The predicted molar refractivity (Wildman–Crippen MR) is 135 cm³/mol. The second kappa shape index (κ2) is 9.65. The first kappa shape index (κ1) is 23.9. The number of amides is 1. The van der Waals surface area contributed by atoms with Crippen molar-refractivity contribution in [3.05, 3.63) is 64.7 Å². The summed E-state index contributed by atoms with van der Waals surface area (Å²) in [7, 11) is 3.08. The van der Waals surface area contributed by atoms with Gasteiger partial charge in [-0.2, -0.15) is 0 Å². The van der Waals surface area contributed by atoms with Gasteiger partial charge in [0.2, 0.25) is 0 Å². The number of likely N-dealkylation sites (tertiary alicyclic amines) is 1. The number of hydrogen-bond donors (Lipinski definition) is 1. The second-order valence-electron chi connectivity index (χ2n) is 10.5. The molecular weight excluding hydrogens is 440 g/mol. The first-order valence-electron chi connectivity index (χ1n) is 12.8. The minimum absolute atomic E-state index is 0.0227. The number of methoxy groups -OCH3 is 2. The maximum Gasteiger partial charge on any atom is 0.337 e. The Hall–Kier alpha value is -2.86. The average Bonchev–Trinajstić information content (AvgIpc) is 3.70. The van der Waals surface area contributed by atoms with Crippen LogP contribution in [0.5, 0.6) is 5.75 Å². The van der Waals surface area contributed by atoms with Crippen LogP contribution >= 0.6 is 0 Å². The first-order chi connectivity index (χ1) is 16.9. The zero-order chi connectivity index (χ0) is 24.6. The molecule has 2 fully saturated rings. The van der Waals surface area contributed by atoms with Gasteiger partial charge in [0.25, 0.3) is 5.91 Å². The Bertz CT molecular complexity index is 1090. The molecule has 3 atom stereocenters. The lowest BCUT2D eigenvalue weighted by Gasteiger charge is -2.56. The van der Waals surface area contributed by atoms with Gasteiger partial charge in [-0.1, -0.05) is 13.0 Å². The fourth-order valence-electron chi connectivity index (χ4n) is 6.38. The summed E-state index contributed by atoms with van der Waals surface area (Å²) in [6, 6.07) is 13.7. The van der Waals surface area contributed by atoms with Crippen LogP contribution < -0.4 is 10.1 Å². The molecule has 0 aromatic heterocycles. The molecule has 0 unspecified atom stereocenters. The Morgan fingerprint density at radius 2 is 1.83 bits per heavy atom. The van der Waals surface area contributed by atoms with E-state index in [2.05, 4.69) is 35.3 Å². The van der Waals surface area contributed by atoms with E-state index in [1.54, 1.807) is 31.4 Å². The van der Waals surface area contributed by atoms with Crippen molar-refractivity contribution in [3.63, 3.8) is 0 Å². The molecule has 1 heterocycles. The predicted octanol–water partition coefficient (Wildman–Crippen LogP) is 4.22. The van der Waals surface area contributed by atoms with Crippen LogP contribution in [0.1, 0.15) is 64.4 Å². The molecule has 35 heavy (non-hydrogen) atoms. The number of nitrogens with one attached hydrogen (secondary N) is 1. The molecule has 1 amide bonds. The summed E-state index contributed by atoms with van der Waals surface area (Å²) < 4.78 is 10.3. The molecule has 5 rings (SSSR count). The summed E-state index contributed by atoms with van der Waals surface area (Å²) in [6.45, 7) is 5.37. The van der Waals surface area contributed by atoms with Gasteiger partial charge < -0.3 is 14.8 Å². The van der Waals surface area contributed by atoms with Crippen LogP contribution in [0.3, 0.4) is 0 Å². The fraction of sp³-hybridized carbons (Fsp3) is 0.517. The highest BCUT2D eigenvalue weighted by Gasteiger charge is 2.51. The molecule has 186 valence electrons. The number of rotatable bonds is 8. The molecule has 1 aliphatic heterocycles. The number of hydrogen-bond acceptors (Lipinski definition) is 5. The van der Waals surface area contributed by atoms with Gasteiger partial charge in [0.05, 0.1) is 19.8 Å². The molecule has 6 heteroatoms. The first-order valence-corrected chi connectivity index (χ1v) is 12.8. The van der Waals surface area contributed by atoms with Crippen molar-refractivity contribution in [2.75, 3.05) is 33.9 Å². The molecule has 6 nitrogen and oxygen atoms in total. The van der Waals surface area contributed by atoms with Crippen molar-refractivity contribution in [2.24, 2.45) is 11.8 Å². The largest absolute Gasteiger partial charge is 0.497 e. The summed E-state index contributed by atoms with van der Waals surface area (Å²) in [5.74, 6) is 1.78. The van der Waals surface area contributed by atoms with Crippen LogP contribution in [0.15, 0.2) is 42.5 Å². The smallest absolute Gasteiger partial charge is 0.337 e. The molecule has 0 radical (unpaired) electrons. The Morgan fingerprint density at radius 3 is 2.51 bits per heavy atom. The Balaban J connectivity index is 1.33. The number of piperidine rings is 1. The third-order valence-electron chi connectivity index (χ3n) is 8.66. The van der Waals surface area contributed by atoms with Gasteiger partial charge in [0, 0.05) is 30.1 Å². The van der Waals surface area contributed by atoms with E-state index in [9.17, 15) is 9.59 Å². The molecule has 1 saturated carbocycles. The van der Waals surface area contributed by atoms with Crippen LogP contribution in [0.25, 0.3) is 0 Å². The maximum atomic E-state index is 12.9. The van der Waals surface area contributed by atoms with E-state index in [1.807, 2.05) is 0 Å². The van der Waals surface area contributed by atoms with Crippen molar-refractivity contribution in [3.8, 4) is 5.75 Å². The van der Waals surface area contributed by atoms with Gasteiger partial charge in [-0.15, -0.1) is 0 Å². The monoisotopic (exact) mass is 476 g/mol. The lowest BCUT2D eigenvalue weighted by Crippen LogP contribution is -2.60. The quantitative estimate of drug-likeness (QED) is 0.578. The van der Waals surface area contributed by atoms with Crippen LogP contribution in [0.2, 0.25) is 0 Å². The highest BCUT2D eigenvalue weighted by atomic mass is 16.5. The topological polar surface area (TPSA) is 67.9 Å². The van der Waals surface area contributed by atoms with E-state index in [1.165, 1.54) is 37.6 Å². The SMILES string of the molecule is COC(=O)c1ccc(C(=O)NCC[C@]23CCN(CC4CC4)[C@H](Cc4ccc(OC)cc42)[C@@H]3C)cc1. The maximum absolute atomic E-state index is 12.9. The number of ether oxygens (including phenoxy) is 2. The number of esters is 1.